The lowest BCUT2D eigenvalue weighted by molar-refractivity contribution is -0.856. The average molecular weight is 417 g/mol. The lowest BCUT2D eigenvalue weighted by Crippen LogP contribution is -3.06. The summed E-state index contributed by atoms with van der Waals surface area (Å²) in [5, 5.41) is 0.780. The van der Waals surface area contributed by atoms with Gasteiger partial charge in [-0.3, -0.25) is 9.69 Å². The predicted octanol–water partition coefficient (Wildman–Crippen LogP) is 2.88. The van der Waals surface area contributed by atoms with Crippen molar-refractivity contribution >= 4 is 44.4 Å². The maximum absolute atomic E-state index is 13.0. The molecule has 28 heavy (non-hydrogen) atoms. The minimum absolute atomic E-state index is 0.0813. The van der Waals surface area contributed by atoms with Gasteiger partial charge in [0.1, 0.15) is 5.75 Å². The first-order valence-electron chi connectivity index (χ1n) is 9.19. The van der Waals surface area contributed by atoms with Crippen LogP contribution >= 0.6 is 23.1 Å². The van der Waals surface area contributed by atoms with Crippen molar-refractivity contribution in [3.8, 4) is 5.75 Å². The fraction of sp³-hybridized carbons (Fsp3) is 0.333. The number of amides is 1. The van der Waals surface area contributed by atoms with E-state index in [0.717, 1.165) is 32.5 Å². The number of carbonyl (C=O) groups excluding carboxylic acids is 1. The van der Waals surface area contributed by atoms with Crippen LogP contribution in [0.1, 0.15) is 5.56 Å². The number of rotatable bonds is 8. The summed E-state index contributed by atoms with van der Waals surface area (Å²) in [5.41, 5.74) is 2.15. The minimum atomic E-state index is 0.0813. The second-order valence-corrected chi connectivity index (χ2v) is 8.99. The standard InChI is InChI=1S/C21H25N3O2S2/c1-15-5-10-18-19(13-15)28-21(22-18)24(12-11-23(2)3)20(25)14-27-17-8-6-16(26-4)7-9-17/h5-10,13H,11-12,14H2,1-4H3/p+1. The molecule has 0 aliphatic heterocycles. The van der Waals surface area contributed by atoms with E-state index in [0.29, 0.717) is 12.3 Å². The second kappa shape index (κ2) is 9.41. The van der Waals surface area contributed by atoms with Gasteiger partial charge in [0.25, 0.3) is 0 Å². The van der Waals surface area contributed by atoms with E-state index in [1.165, 1.54) is 22.2 Å². The van der Waals surface area contributed by atoms with Crippen LogP contribution < -0.4 is 14.5 Å². The molecule has 0 saturated carbocycles. The van der Waals surface area contributed by atoms with Crippen LogP contribution in [-0.2, 0) is 4.79 Å². The Morgan fingerprint density at radius 2 is 1.96 bits per heavy atom. The summed E-state index contributed by atoms with van der Waals surface area (Å²) in [6.45, 7) is 3.60. The van der Waals surface area contributed by atoms with Crippen molar-refractivity contribution in [3.05, 3.63) is 48.0 Å². The summed E-state index contributed by atoms with van der Waals surface area (Å²) in [4.78, 5) is 21.9. The number of ether oxygens (including phenoxy) is 1. The summed E-state index contributed by atoms with van der Waals surface area (Å²) >= 11 is 3.12. The van der Waals surface area contributed by atoms with Gasteiger partial charge in [0.2, 0.25) is 5.91 Å². The molecule has 1 aromatic heterocycles. The van der Waals surface area contributed by atoms with Crippen LogP contribution in [0.15, 0.2) is 47.4 Å². The molecule has 0 aliphatic carbocycles. The Morgan fingerprint density at radius 3 is 2.64 bits per heavy atom. The molecule has 0 spiro atoms. The molecular weight excluding hydrogens is 390 g/mol. The largest absolute Gasteiger partial charge is 0.497 e. The first-order valence-corrected chi connectivity index (χ1v) is 11.0. The Labute approximate surface area is 174 Å². The number of aryl methyl sites for hydroxylation is 1. The Bertz CT molecular complexity index is 938. The molecule has 0 radical (unpaired) electrons. The number of methoxy groups -OCH3 is 1. The summed E-state index contributed by atoms with van der Waals surface area (Å²) in [6.07, 6.45) is 0. The van der Waals surface area contributed by atoms with Gasteiger partial charge >= 0.3 is 0 Å². The normalized spacial score (nSPS) is 11.2. The third-order valence-corrected chi connectivity index (χ3v) is 6.36. The molecule has 0 aliphatic rings. The number of fused-ring (bicyclic) bond motifs is 1. The molecule has 2 aromatic carbocycles. The van der Waals surface area contributed by atoms with Crippen molar-refractivity contribution in [1.29, 1.82) is 0 Å². The molecule has 148 valence electrons. The third kappa shape index (κ3) is 5.25. The monoisotopic (exact) mass is 416 g/mol. The molecule has 1 amide bonds. The van der Waals surface area contributed by atoms with E-state index in [1.807, 2.05) is 35.2 Å². The van der Waals surface area contributed by atoms with Gasteiger partial charge in [-0.05, 0) is 48.9 Å². The van der Waals surface area contributed by atoms with Crippen LogP contribution in [0, 0.1) is 6.92 Å². The molecular formula is C21H26N3O2S2+. The summed E-state index contributed by atoms with van der Waals surface area (Å²) in [5.74, 6) is 1.28. The summed E-state index contributed by atoms with van der Waals surface area (Å²) < 4.78 is 6.31. The van der Waals surface area contributed by atoms with Gasteiger partial charge in [0.15, 0.2) is 5.13 Å². The molecule has 3 rings (SSSR count). The fourth-order valence-electron chi connectivity index (χ4n) is 2.69. The van der Waals surface area contributed by atoms with E-state index in [4.69, 9.17) is 9.72 Å². The Morgan fingerprint density at radius 1 is 1.21 bits per heavy atom. The fourth-order valence-corrected chi connectivity index (χ4v) is 4.57. The Kier molecular flexibility index (Phi) is 6.93. The number of aromatic nitrogens is 1. The summed E-state index contributed by atoms with van der Waals surface area (Å²) in [6, 6.07) is 14.0. The van der Waals surface area contributed by atoms with Gasteiger partial charge in [0, 0.05) is 4.90 Å². The molecule has 0 fully saturated rings. The highest BCUT2D eigenvalue weighted by Crippen LogP contribution is 2.30. The van der Waals surface area contributed by atoms with Crippen molar-refractivity contribution in [2.45, 2.75) is 11.8 Å². The highest BCUT2D eigenvalue weighted by molar-refractivity contribution is 8.00. The average Bonchev–Trinajstić information content (AvgIpc) is 3.09. The Balaban J connectivity index is 1.76. The van der Waals surface area contributed by atoms with Crippen molar-refractivity contribution in [1.82, 2.24) is 4.98 Å². The van der Waals surface area contributed by atoms with Crippen LogP contribution in [0.25, 0.3) is 10.2 Å². The number of likely N-dealkylation sites (N-methyl/N-ethyl adjacent to an activating group) is 1. The SMILES string of the molecule is COc1ccc(SCC(=O)N(CC[NH+](C)C)c2nc3ccc(C)cc3s2)cc1. The van der Waals surface area contributed by atoms with Crippen molar-refractivity contribution in [2.24, 2.45) is 0 Å². The quantitative estimate of drug-likeness (QED) is 0.574. The van der Waals surface area contributed by atoms with Crippen LogP contribution in [0.4, 0.5) is 5.13 Å². The first-order chi connectivity index (χ1) is 13.5. The van der Waals surface area contributed by atoms with E-state index in [9.17, 15) is 4.79 Å². The highest BCUT2D eigenvalue weighted by Gasteiger charge is 2.21. The van der Waals surface area contributed by atoms with E-state index < -0.39 is 0 Å². The molecule has 0 bridgehead atoms. The Hall–Kier alpha value is -2.09. The van der Waals surface area contributed by atoms with Gasteiger partial charge in [-0.25, -0.2) is 4.98 Å². The molecule has 3 aromatic rings. The smallest absolute Gasteiger partial charge is 0.239 e. The second-order valence-electron chi connectivity index (χ2n) is 6.93. The number of thioether (sulfide) groups is 1. The molecule has 1 heterocycles. The molecule has 0 unspecified atom stereocenters. The maximum atomic E-state index is 13.0. The van der Waals surface area contributed by atoms with E-state index in [2.05, 4.69) is 33.2 Å². The van der Waals surface area contributed by atoms with Gasteiger partial charge in [-0.2, -0.15) is 0 Å². The zero-order valence-corrected chi connectivity index (χ0v) is 18.3. The minimum Gasteiger partial charge on any atom is -0.497 e. The van der Waals surface area contributed by atoms with E-state index in [-0.39, 0.29) is 5.91 Å². The predicted molar refractivity (Wildman–Crippen MR) is 118 cm³/mol. The van der Waals surface area contributed by atoms with Crippen LogP contribution in [0.2, 0.25) is 0 Å². The van der Waals surface area contributed by atoms with Gasteiger partial charge in [0.05, 0.1) is 50.3 Å². The van der Waals surface area contributed by atoms with Crippen LogP contribution in [-0.4, -0.2) is 50.9 Å². The van der Waals surface area contributed by atoms with Gasteiger partial charge in [-0.1, -0.05) is 17.4 Å². The number of benzene rings is 2. The van der Waals surface area contributed by atoms with E-state index in [1.54, 1.807) is 18.4 Å². The molecule has 0 saturated heterocycles. The molecule has 5 nitrogen and oxygen atoms in total. The lowest BCUT2D eigenvalue weighted by Gasteiger charge is -2.20. The number of hydrogen-bond donors (Lipinski definition) is 1. The number of nitrogens with zero attached hydrogens (tertiary/aromatic N) is 2. The molecule has 7 heteroatoms. The summed E-state index contributed by atoms with van der Waals surface area (Å²) in [7, 11) is 5.84. The highest BCUT2D eigenvalue weighted by atomic mass is 32.2. The number of quaternary nitrogens is 1. The van der Waals surface area contributed by atoms with Gasteiger partial charge in [-0.15, -0.1) is 11.8 Å². The first kappa shape index (κ1) is 20.6. The van der Waals surface area contributed by atoms with Gasteiger partial charge < -0.3 is 9.64 Å². The van der Waals surface area contributed by atoms with Crippen molar-refractivity contribution in [2.75, 3.05) is 44.9 Å². The number of carbonyl (C=O) groups is 1. The van der Waals surface area contributed by atoms with Crippen LogP contribution in [0.5, 0.6) is 5.75 Å². The number of anilines is 1. The molecule has 1 N–H and O–H groups in total. The van der Waals surface area contributed by atoms with E-state index >= 15 is 0 Å². The lowest BCUT2D eigenvalue weighted by atomic mass is 10.2. The third-order valence-electron chi connectivity index (χ3n) is 4.32. The zero-order valence-electron chi connectivity index (χ0n) is 16.7. The topological polar surface area (TPSA) is 46.9 Å². The molecule has 0 atom stereocenters. The van der Waals surface area contributed by atoms with Crippen molar-refractivity contribution in [3.63, 3.8) is 0 Å². The number of hydrogen-bond acceptors (Lipinski definition) is 5. The van der Waals surface area contributed by atoms with Crippen molar-refractivity contribution < 1.29 is 14.4 Å². The van der Waals surface area contributed by atoms with Crippen LogP contribution in [0.3, 0.4) is 0 Å². The number of nitrogens with one attached hydrogen (secondary N) is 1. The number of thiazole rings is 1. The zero-order chi connectivity index (χ0) is 20.1. The maximum Gasteiger partial charge on any atom is 0.239 e.